The van der Waals surface area contributed by atoms with Gasteiger partial charge >= 0.3 is 12.4 Å². The van der Waals surface area contributed by atoms with Gasteiger partial charge in [0.25, 0.3) is 5.91 Å². The Morgan fingerprint density at radius 3 is 2.46 bits per heavy atom. The molecule has 0 aliphatic carbocycles. The number of aliphatic hydroxyl groups is 1. The predicted octanol–water partition coefficient (Wildman–Crippen LogP) is 4.23. The number of alkyl halides is 6. The van der Waals surface area contributed by atoms with Crippen LogP contribution in [0, 0.1) is 5.92 Å². The van der Waals surface area contributed by atoms with Crippen molar-refractivity contribution >= 4 is 40.3 Å². The molecule has 2 aliphatic rings. The number of thioether (sulfide) groups is 1. The number of thiocarbonyl (C=S) groups is 1. The van der Waals surface area contributed by atoms with Gasteiger partial charge in [-0.05, 0) is 30.3 Å². The molecule has 2 aromatic heterocycles. The Labute approximate surface area is 237 Å². The minimum atomic E-state index is -5.00. The van der Waals surface area contributed by atoms with E-state index in [4.69, 9.17) is 16.6 Å². The van der Waals surface area contributed by atoms with Crippen molar-refractivity contribution in [1.82, 2.24) is 30.4 Å². The van der Waals surface area contributed by atoms with E-state index in [-0.39, 0.29) is 39.3 Å². The summed E-state index contributed by atoms with van der Waals surface area (Å²) in [6.07, 6.45) is -8.85. The predicted molar refractivity (Wildman–Crippen MR) is 138 cm³/mol. The summed E-state index contributed by atoms with van der Waals surface area (Å²) < 4.78 is 85.2. The number of H-pyrrole nitrogens is 1. The Balaban J connectivity index is 1.28. The van der Waals surface area contributed by atoms with Crippen LogP contribution in [0.3, 0.4) is 0 Å². The fourth-order valence-electron chi connectivity index (χ4n) is 4.55. The van der Waals surface area contributed by atoms with Gasteiger partial charge in [0.05, 0.1) is 22.1 Å². The zero-order chi connectivity index (χ0) is 29.5. The number of halogens is 6. The molecule has 0 bridgehead atoms. The zero-order valence-electron chi connectivity index (χ0n) is 20.7. The molecule has 2 atom stereocenters. The molecule has 0 radical (unpaired) electrons. The van der Waals surface area contributed by atoms with Crippen LogP contribution in [0.4, 0.5) is 26.3 Å². The van der Waals surface area contributed by atoms with Crippen molar-refractivity contribution in [2.45, 2.75) is 24.9 Å². The maximum atomic E-state index is 13.2. The third kappa shape index (κ3) is 6.63. The number of likely N-dealkylation sites (tertiary alicyclic amines) is 1. The van der Waals surface area contributed by atoms with Crippen LogP contribution in [-0.4, -0.2) is 78.0 Å². The van der Waals surface area contributed by atoms with E-state index < -0.39 is 41.1 Å². The van der Waals surface area contributed by atoms with Crippen LogP contribution < -0.4 is 0 Å². The number of aromatic amines is 1. The minimum absolute atomic E-state index is 0.0348. The lowest BCUT2D eigenvalue weighted by molar-refractivity contribution is -0.143. The van der Waals surface area contributed by atoms with Gasteiger partial charge < -0.3 is 9.52 Å². The summed E-state index contributed by atoms with van der Waals surface area (Å²) in [7, 11) is 0. The Bertz CT molecular complexity index is 1440. The number of aromatic nitrogens is 4. The molecule has 218 valence electrons. The van der Waals surface area contributed by atoms with E-state index in [9.17, 15) is 36.2 Å². The van der Waals surface area contributed by atoms with Gasteiger partial charge in [-0.15, -0.1) is 10.2 Å². The highest BCUT2D eigenvalue weighted by atomic mass is 32.2. The molecule has 0 spiro atoms. The molecule has 1 amide bonds. The van der Waals surface area contributed by atoms with Crippen LogP contribution in [0.1, 0.15) is 22.7 Å². The molecule has 17 heteroatoms. The van der Waals surface area contributed by atoms with Gasteiger partial charge in [-0.2, -0.15) is 31.6 Å². The number of amides is 1. The van der Waals surface area contributed by atoms with E-state index in [1.807, 2.05) is 4.90 Å². The monoisotopic (exact) mass is 618 g/mol. The first-order valence-electron chi connectivity index (χ1n) is 12.1. The van der Waals surface area contributed by atoms with Gasteiger partial charge in [-0.3, -0.25) is 14.6 Å². The second kappa shape index (κ2) is 11.2. The lowest BCUT2D eigenvalue weighted by atomic mass is 10.0. The van der Waals surface area contributed by atoms with Crippen molar-refractivity contribution < 1.29 is 40.7 Å². The normalized spacial score (nSPS) is 21.5. The van der Waals surface area contributed by atoms with Crippen LogP contribution in [0.5, 0.6) is 0 Å². The molecule has 2 saturated heterocycles. The maximum Gasteiger partial charge on any atom is 0.416 e. The Morgan fingerprint density at radius 2 is 1.83 bits per heavy atom. The van der Waals surface area contributed by atoms with Crippen LogP contribution in [0.2, 0.25) is 0 Å². The van der Waals surface area contributed by atoms with Crippen molar-refractivity contribution in [3.63, 3.8) is 0 Å². The molecule has 5 rings (SSSR count). The average Bonchev–Trinajstić information content (AvgIpc) is 3.69. The van der Waals surface area contributed by atoms with Crippen LogP contribution in [0.15, 0.2) is 39.7 Å². The number of benzene rings is 1. The van der Waals surface area contributed by atoms with Gasteiger partial charge in [0.15, 0.2) is 5.82 Å². The highest BCUT2D eigenvalue weighted by Crippen LogP contribution is 2.40. The van der Waals surface area contributed by atoms with Crippen LogP contribution >= 0.6 is 24.0 Å². The lowest BCUT2D eigenvalue weighted by Gasteiger charge is -2.21. The van der Waals surface area contributed by atoms with Gasteiger partial charge in [0.2, 0.25) is 0 Å². The van der Waals surface area contributed by atoms with Crippen molar-refractivity contribution in [2.24, 2.45) is 5.92 Å². The number of nitrogens with zero attached hydrogens (tertiary/aromatic N) is 5. The molecule has 41 heavy (non-hydrogen) atoms. The number of hydrogen-bond donors (Lipinski definition) is 2. The van der Waals surface area contributed by atoms with Crippen LogP contribution in [-0.2, 0) is 23.6 Å². The highest BCUT2D eigenvalue weighted by Gasteiger charge is 2.39. The first-order chi connectivity index (χ1) is 19.3. The lowest BCUT2D eigenvalue weighted by Crippen LogP contribution is -2.37. The van der Waals surface area contributed by atoms with E-state index in [1.54, 1.807) is 0 Å². The number of aliphatic hydroxyl groups excluding tert-OH is 1. The van der Waals surface area contributed by atoms with Gasteiger partial charge in [-0.25, -0.2) is 0 Å². The van der Waals surface area contributed by atoms with E-state index in [2.05, 4.69) is 20.6 Å². The number of furan rings is 1. The fraction of sp³-hybridized carbons (Fsp3) is 0.375. The topological polar surface area (TPSA) is 111 Å². The zero-order valence-corrected chi connectivity index (χ0v) is 22.4. The van der Waals surface area contributed by atoms with Crippen LogP contribution in [0.25, 0.3) is 17.4 Å². The molecule has 2 N–H and O–H groups in total. The summed E-state index contributed by atoms with van der Waals surface area (Å²) in [5, 5.41) is 24.2. The van der Waals surface area contributed by atoms with Gasteiger partial charge in [-0.1, -0.05) is 29.2 Å². The van der Waals surface area contributed by atoms with Crippen molar-refractivity contribution in [3.05, 3.63) is 57.9 Å². The summed E-state index contributed by atoms with van der Waals surface area (Å²) in [6.45, 7) is 1.65. The first-order valence-corrected chi connectivity index (χ1v) is 13.3. The number of carbonyl (C=O) groups excluding carboxylic acids is 1. The second-order valence-corrected chi connectivity index (χ2v) is 11.1. The summed E-state index contributed by atoms with van der Waals surface area (Å²) in [5.74, 6) is -0.381. The summed E-state index contributed by atoms with van der Waals surface area (Å²) >= 11 is 6.34. The number of carbonyl (C=O) groups is 1. The first kappa shape index (κ1) is 29.2. The van der Waals surface area contributed by atoms with Gasteiger partial charge in [0.1, 0.15) is 15.8 Å². The number of tetrazole rings is 1. The molecule has 2 fully saturated rings. The third-order valence-electron chi connectivity index (χ3n) is 6.59. The van der Waals surface area contributed by atoms with Gasteiger partial charge in [0, 0.05) is 50.2 Å². The Kier molecular flexibility index (Phi) is 7.97. The Morgan fingerprint density at radius 1 is 1.12 bits per heavy atom. The molecule has 2 aliphatic heterocycles. The van der Waals surface area contributed by atoms with E-state index in [1.165, 1.54) is 23.1 Å². The molecule has 2 unspecified atom stereocenters. The molecular formula is C24H20F6N6O3S2. The standard InChI is InChI=1S/C24H20F6N6O3S2/c25-23(26,27)14-5-12(6-15(7-14)24(28,29)30)18-2-1-16(39-18)8-19-21(38)36(22(40)41-19)10-13-9-35(11-17(13)37)4-3-20-31-33-34-32-20/h1-2,5-8,13,17,37H,3-4,9-11H2,(H,31,32,33,34). The highest BCUT2D eigenvalue weighted by molar-refractivity contribution is 8.26. The summed E-state index contributed by atoms with van der Waals surface area (Å²) in [4.78, 5) is 16.6. The number of β-amino-alcohol motifs (C(OH)–C–C–N with tert-alkyl or cyclic N) is 1. The molecule has 9 nitrogen and oxygen atoms in total. The molecule has 3 aromatic rings. The molecule has 0 saturated carbocycles. The van der Waals surface area contributed by atoms with E-state index >= 15 is 0 Å². The molecular weight excluding hydrogens is 598 g/mol. The Hall–Kier alpha value is -3.28. The number of nitrogens with one attached hydrogen (secondary N) is 1. The smallest absolute Gasteiger partial charge is 0.416 e. The largest absolute Gasteiger partial charge is 0.457 e. The van der Waals surface area contributed by atoms with E-state index in [0.29, 0.717) is 44.0 Å². The number of hydrogen-bond acceptors (Lipinski definition) is 9. The summed E-state index contributed by atoms with van der Waals surface area (Å²) in [5.41, 5.74) is -3.36. The minimum Gasteiger partial charge on any atom is -0.457 e. The summed E-state index contributed by atoms with van der Waals surface area (Å²) in [6, 6.07) is 3.72. The van der Waals surface area contributed by atoms with E-state index in [0.717, 1.165) is 11.8 Å². The molecule has 4 heterocycles. The number of rotatable bonds is 7. The van der Waals surface area contributed by atoms with Crippen molar-refractivity contribution in [1.29, 1.82) is 0 Å². The van der Waals surface area contributed by atoms with Crippen molar-refractivity contribution in [2.75, 3.05) is 26.2 Å². The average molecular weight is 619 g/mol. The van der Waals surface area contributed by atoms with Crippen molar-refractivity contribution in [3.8, 4) is 11.3 Å². The second-order valence-electron chi connectivity index (χ2n) is 9.45. The quantitative estimate of drug-likeness (QED) is 0.228. The third-order valence-corrected chi connectivity index (χ3v) is 7.96. The SMILES string of the molecule is O=C1C(=Cc2ccc(-c3cc(C(F)(F)F)cc(C(F)(F)F)c3)o2)SC(=S)N1CC1CN(CCc2nn[nH]n2)CC1O. The molecule has 1 aromatic carbocycles. The fourth-order valence-corrected chi connectivity index (χ4v) is 5.81. The maximum absolute atomic E-state index is 13.2.